The molecule has 0 radical (unpaired) electrons. The Morgan fingerprint density at radius 2 is 1.38 bits per heavy atom. The molecule has 8 atom stereocenters. The average molecular weight is 599 g/mol. The lowest BCUT2D eigenvalue weighted by molar-refractivity contribution is -0.312. The van der Waals surface area contributed by atoms with Crippen molar-refractivity contribution in [3.05, 3.63) is 17.4 Å². The standard InChI is InChI=1S/C29H42O13/c1-15(10-11-23-28(7,8)12-21(38-17(3)31)13-29(23,9)35)37-27-26(41-20(6)34)25(40-19(5)33)24(39-18(4)32)22(42-27)14-36-16(2)30/h10,15,21-22,24-27,35H,12-14H2,1-9H3/t11?,15-,21-,22+,24+,25-,26+,27+,29+/m0/s1. The van der Waals surface area contributed by atoms with Gasteiger partial charge < -0.3 is 38.3 Å². The van der Waals surface area contributed by atoms with Crippen LogP contribution >= 0.6 is 0 Å². The number of aliphatic hydroxyl groups is 1. The van der Waals surface area contributed by atoms with Gasteiger partial charge in [0.05, 0.1) is 11.7 Å². The Morgan fingerprint density at radius 1 is 0.857 bits per heavy atom. The molecule has 0 aromatic rings. The Bertz CT molecular complexity index is 1080. The highest BCUT2D eigenvalue weighted by molar-refractivity contribution is 5.69. The third kappa shape index (κ3) is 9.94. The second-order valence-electron chi connectivity index (χ2n) is 11.4. The van der Waals surface area contributed by atoms with Crippen molar-refractivity contribution in [2.45, 2.75) is 124 Å². The molecular weight excluding hydrogens is 556 g/mol. The van der Waals surface area contributed by atoms with E-state index in [-0.39, 0.29) is 13.0 Å². The van der Waals surface area contributed by atoms with Gasteiger partial charge in [-0.1, -0.05) is 13.8 Å². The van der Waals surface area contributed by atoms with Gasteiger partial charge in [0.1, 0.15) is 18.8 Å². The fourth-order valence-corrected chi connectivity index (χ4v) is 5.44. The van der Waals surface area contributed by atoms with E-state index in [1.807, 2.05) is 13.8 Å². The van der Waals surface area contributed by atoms with Crippen molar-refractivity contribution < 1.29 is 62.2 Å². The molecule has 0 unspecified atom stereocenters. The highest BCUT2D eigenvalue weighted by atomic mass is 16.7. The Hall–Kier alpha value is -3.25. The van der Waals surface area contributed by atoms with Crippen LogP contribution in [0.2, 0.25) is 0 Å². The quantitative estimate of drug-likeness (QED) is 0.233. The lowest BCUT2D eigenvalue weighted by atomic mass is 9.65. The molecule has 0 aromatic heterocycles. The van der Waals surface area contributed by atoms with Crippen LogP contribution in [0.25, 0.3) is 0 Å². The molecule has 1 heterocycles. The highest BCUT2D eigenvalue weighted by Gasteiger charge is 2.53. The van der Waals surface area contributed by atoms with E-state index in [1.165, 1.54) is 13.8 Å². The second-order valence-corrected chi connectivity index (χ2v) is 11.4. The summed E-state index contributed by atoms with van der Waals surface area (Å²) in [6, 6.07) is 0. The van der Waals surface area contributed by atoms with E-state index in [1.54, 1.807) is 19.9 Å². The maximum Gasteiger partial charge on any atom is 0.303 e. The van der Waals surface area contributed by atoms with Gasteiger partial charge in [-0.3, -0.25) is 24.0 Å². The van der Waals surface area contributed by atoms with Gasteiger partial charge in [0.2, 0.25) is 0 Å². The summed E-state index contributed by atoms with van der Waals surface area (Å²) in [5.41, 5.74) is 1.77. The summed E-state index contributed by atoms with van der Waals surface area (Å²) in [7, 11) is 0. The van der Waals surface area contributed by atoms with Gasteiger partial charge in [-0.25, -0.2) is 0 Å². The largest absolute Gasteiger partial charge is 0.463 e. The zero-order valence-electron chi connectivity index (χ0n) is 25.6. The summed E-state index contributed by atoms with van der Waals surface area (Å²) in [5.74, 6) is -3.31. The molecule has 13 nitrogen and oxygen atoms in total. The minimum atomic E-state index is -1.37. The summed E-state index contributed by atoms with van der Waals surface area (Å²) < 4.78 is 38.7. The number of esters is 5. The number of ether oxygens (including phenoxy) is 7. The molecule has 0 spiro atoms. The van der Waals surface area contributed by atoms with Gasteiger partial charge in [0.25, 0.3) is 0 Å². The molecule has 13 heteroatoms. The molecule has 1 saturated heterocycles. The van der Waals surface area contributed by atoms with Crippen molar-refractivity contribution >= 4 is 29.8 Å². The lowest BCUT2D eigenvalue weighted by Gasteiger charge is -2.45. The Morgan fingerprint density at radius 3 is 1.88 bits per heavy atom. The maximum atomic E-state index is 12.0. The van der Waals surface area contributed by atoms with Crippen LogP contribution < -0.4 is 0 Å². The Balaban J connectivity index is 2.44. The predicted molar refractivity (Wildman–Crippen MR) is 143 cm³/mol. The average Bonchev–Trinajstić information content (AvgIpc) is 2.78. The van der Waals surface area contributed by atoms with E-state index in [0.717, 1.165) is 20.8 Å². The van der Waals surface area contributed by atoms with E-state index >= 15 is 0 Å². The molecule has 1 aliphatic carbocycles. The SMILES string of the molecule is CC(=O)OC[C@H]1O[C@@H](O[C@@H](C)C=C=C2C(C)(C)C[C@H](OC(C)=O)C[C@@]2(C)O)[C@H](OC(C)=O)[C@@H](OC(C)=O)[C@@H]1OC(C)=O. The first kappa shape index (κ1) is 34.9. The topological polar surface area (TPSA) is 170 Å². The van der Waals surface area contributed by atoms with Crippen LogP contribution in [0.4, 0.5) is 0 Å². The van der Waals surface area contributed by atoms with Gasteiger partial charge in [-0.05, 0) is 31.8 Å². The van der Waals surface area contributed by atoms with Gasteiger partial charge >= 0.3 is 29.8 Å². The molecular formula is C29H42O13. The molecule has 0 amide bonds. The monoisotopic (exact) mass is 598 g/mol. The van der Waals surface area contributed by atoms with Crippen LogP contribution in [0.5, 0.6) is 0 Å². The van der Waals surface area contributed by atoms with Gasteiger partial charge in [-0.15, -0.1) is 5.73 Å². The van der Waals surface area contributed by atoms with Crippen molar-refractivity contribution in [2.75, 3.05) is 6.61 Å². The molecule has 1 N–H and O–H groups in total. The smallest absolute Gasteiger partial charge is 0.303 e. The number of carbonyl (C=O) groups excluding carboxylic acids is 5. The molecule has 1 aliphatic heterocycles. The summed E-state index contributed by atoms with van der Waals surface area (Å²) in [6.45, 7) is 12.6. The van der Waals surface area contributed by atoms with Crippen molar-refractivity contribution in [1.29, 1.82) is 0 Å². The number of hydrogen-bond acceptors (Lipinski definition) is 13. The fraction of sp³-hybridized carbons (Fsp3) is 0.724. The molecule has 0 aromatic carbocycles. The third-order valence-corrected chi connectivity index (χ3v) is 6.67. The highest BCUT2D eigenvalue weighted by Crippen LogP contribution is 2.46. The van der Waals surface area contributed by atoms with Crippen molar-refractivity contribution in [3.63, 3.8) is 0 Å². The minimum absolute atomic E-state index is 0.182. The first-order valence-corrected chi connectivity index (χ1v) is 13.7. The number of carbonyl (C=O) groups is 5. The van der Waals surface area contributed by atoms with Crippen LogP contribution in [0, 0.1) is 5.41 Å². The summed E-state index contributed by atoms with van der Waals surface area (Å²) in [4.78, 5) is 59.0. The van der Waals surface area contributed by atoms with Crippen molar-refractivity contribution in [3.8, 4) is 0 Å². The fourth-order valence-electron chi connectivity index (χ4n) is 5.44. The summed E-state index contributed by atoms with van der Waals surface area (Å²) in [6.07, 6.45) is -5.58. The molecule has 2 aliphatic rings. The van der Waals surface area contributed by atoms with E-state index in [4.69, 9.17) is 33.2 Å². The molecule has 2 fully saturated rings. The predicted octanol–water partition coefficient (Wildman–Crippen LogP) is 2.06. The summed E-state index contributed by atoms with van der Waals surface area (Å²) in [5, 5.41) is 11.2. The van der Waals surface area contributed by atoms with Crippen LogP contribution in [-0.4, -0.2) is 90.1 Å². The molecule has 0 bridgehead atoms. The summed E-state index contributed by atoms with van der Waals surface area (Å²) >= 11 is 0. The van der Waals surface area contributed by atoms with Crippen molar-refractivity contribution in [2.24, 2.45) is 5.41 Å². The van der Waals surface area contributed by atoms with Crippen LogP contribution in [0.1, 0.15) is 75.2 Å². The third-order valence-electron chi connectivity index (χ3n) is 6.67. The first-order valence-electron chi connectivity index (χ1n) is 13.7. The second kappa shape index (κ2) is 14.3. The molecule has 2 rings (SSSR count). The van der Waals surface area contributed by atoms with Crippen LogP contribution in [0.3, 0.4) is 0 Å². The Kier molecular flexibility index (Phi) is 11.9. The van der Waals surface area contributed by atoms with Gasteiger partial charge in [0, 0.05) is 46.6 Å². The maximum absolute atomic E-state index is 12.0. The van der Waals surface area contributed by atoms with E-state index in [9.17, 15) is 29.1 Å². The van der Waals surface area contributed by atoms with Crippen molar-refractivity contribution in [1.82, 2.24) is 0 Å². The van der Waals surface area contributed by atoms with E-state index < -0.39 is 83.8 Å². The van der Waals surface area contributed by atoms with Gasteiger partial charge in [0.15, 0.2) is 24.6 Å². The lowest BCUT2D eigenvalue weighted by Crippen LogP contribution is -2.63. The number of rotatable bonds is 9. The zero-order valence-corrected chi connectivity index (χ0v) is 25.6. The first-order chi connectivity index (χ1) is 19.3. The molecule has 236 valence electrons. The van der Waals surface area contributed by atoms with E-state index in [2.05, 4.69) is 5.73 Å². The minimum Gasteiger partial charge on any atom is -0.463 e. The molecule has 42 heavy (non-hydrogen) atoms. The molecule has 1 saturated carbocycles. The Labute approximate surface area is 245 Å². The van der Waals surface area contributed by atoms with Crippen LogP contribution in [-0.2, 0) is 57.1 Å². The zero-order chi connectivity index (χ0) is 32.0. The van der Waals surface area contributed by atoms with E-state index in [0.29, 0.717) is 12.0 Å². The normalized spacial score (nSPS) is 31.0. The van der Waals surface area contributed by atoms with Gasteiger partial charge in [-0.2, -0.15) is 0 Å². The number of hydrogen-bond donors (Lipinski definition) is 1. The van der Waals surface area contributed by atoms with Crippen LogP contribution in [0.15, 0.2) is 17.4 Å².